The van der Waals surface area contributed by atoms with Crippen LogP contribution in [0.1, 0.15) is 16.7 Å². The number of hydrogen-bond acceptors (Lipinski definition) is 6. The van der Waals surface area contributed by atoms with Crippen molar-refractivity contribution < 1.29 is 5.11 Å². The number of H-pyrrole nitrogens is 1. The molecule has 6 nitrogen and oxygen atoms in total. The van der Waals surface area contributed by atoms with Crippen LogP contribution in [0.15, 0.2) is 71.4 Å². The third kappa shape index (κ3) is 3.68. The Labute approximate surface area is 177 Å². The molecule has 0 unspecified atom stereocenters. The molecule has 148 valence electrons. The molecule has 3 heterocycles. The molecule has 0 atom stereocenters. The number of aromatic nitrogens is 3. The van der Waals surface area contributed by atoms with Gasteiger partial charge in [-0.15, -0.1) is 11.3 Å². The monoisotopic (exact) mass is 413 g/mol. The molecule has 5 aromatic rings. The third-order valence-electron chi connectivity index (χ3n) is 4.96. The fraction of sp³-hybridized carbons (Fsp3) is 0.0870. The Hall–Kier alpha value is -3.55. The summed E-state index contributed by atoms with van der Waals surface area (Å²) in [7, 11) is 0. The number of hydrogen-bond donors (Lipinski definition) is 3. The summed E-state index contributed by atoms with van der Waals surface area (Å²) < 4.78 is 1.04. The smallest absolute Gasteiger partial charge is 0.198 e. The van der Waals surface area contributed by atoms with E-state index in [1.54, 1.807) is 29.9 Å². The molecule has 3 aromatic heterocycles. The van der Waals surface area contributed by atoms with Crippen molar-refractivity contribution in [1.82, 2.24) is 20.3 Å². The SMILES string of the molecule is Oc1[nH]c2ccc3ncsc3c2c1C=Nc1ccc(CNCc2ccncc2)cc1. The molecular weight excluding hydrogens is 394 g/mol. The van der Waals surface area contributed by atoms with Crippen molar-refractivity contribution in [2.75, 3.05) is 0 Å². The van der Waals surface area contributed by atoms with Crippen LogP contribution in [0.5, 0.6) is 5.88 Å². The molecule has 5 rings (SSSR count). The van der Waals surface area contributed by atoms with Crippen molar-refractivity contribution in [1.29, 1.82) is 0 Å². The fourth-order valence-electron chi connectivity index (χ4n) is 3.43. The van der Waals surface area contributed by atoms with Gasteiger partial charge in [-0.1, -0.05) is 12.1 Å². The number of thiazole rings is 1. The molecule has 0 radical (unpaired) electrons. The van der Waals surface area contributed by atoms with Gasteiger partial charge >= 0.3 is 0 Å². The number of aromatic hydroxyl groups is 1. The fourth-order valence-corrected chi connectivity index (χ4v) is 4.28. The first kappa shape index (κ1) is 18.5. The molecular formula is C23H19N5OS. The van der Waals surface area contributed by atoms with Crippen LogP contribution in [0.2, 0.25) is 0 Å². The number of fused-ring (bicyclic) bond motifs is 3. The Morgan fingerprint density at radius 1 is 1.00 bits per heavy atom. The summed E-state index contributed by atoms with van der Waals surface area (Å²) in [6.45, 7) is 1.58. The largest absolute Gasteiger partial charge is 0.494 e. The topological polar surface area (TPSA) is 86.2 Å². The van der Waals surface area contributed by atoms with Crippen LogP contribution < -0.4 is 5.32 Å². The summed E-state index contributed by atoms with van der Waals surface area (Å²) >= 11 is 1.56. The van der Waals surface area contributed by atoms with Crippen molar-refractivity contribution in [3.8, 4) is 5.88 Å². The van der Waals surface area contributed by atoms with Crippen molar-refractivity contribution in [2.24, 2.45) is 4.99 Å². The minimum Gasteiger partial charge on any atom is -0.494 e. The molecule has 2 aromatic carbocycles. The summed E-state index contributed by atoms with van der Waals surface area (Å²) in [5.74, 6) is 0.117. The summed E-state index contributed by atoms with van der Waals surface area (Å²) in [4.78, 5) is 16.0. The lowest BCUT2D eigenvalue weighted by Crippen LogP contribution is -2.12. The lowest BCUT2D eigenvalue weighted by molar-refractivity contribution is 0.457. The Bertz CT molecular complexity index is 1320. The average Bonchev–Trinajstić information content (AvgIpc) is 3.37. The number of nitrogens with one attached hydrogen (secondary N) is 2. The molecule has 3 N–H and O–H groups in total. The van der Waals surface area contributed by atoms with Gasteiger partial charge in [-0.2, -0.15) is 0 Å². The van der Waals surface area contributed by atoms with E-state index in [0.29, 0.717) is 5.56 Å². The average molecular weight is 414 g/mol. The first-order valence-electron chi connectivity index (χ1n) is 9.57. The van der Waals surface area contributed by atoms with Gasteiger partial charge in [-0.3, -0.25) is 9.98 Å². The van der Waals surface area contributed by atoms with Crippen LogP contribution in [-0.2, 0) is 13.1 Å². The molecule has 0 aliphatic heterocycles. The number of nitrogens with zero attached hydrogens (tertiary/aromatic N) is 3. The quantitative estimate of drug-likeness (QED) is 0.345. The second-order valence-corrected chi connectivity index (χ2v) is 7.81. The number of aliphatic imine (C=N–C) groups is 1. The van der Waals surface area contributed by atoms with E-state index >= 15 is 0 Å². The van der Waals surface area contributed by atoms with Gasteiger partial charge in [0.05, 0.1) is 32.5 Å². The maximum atomic E-state index is 10.4. The number of pyridine rings is 1. The van der Waals surface area contributed by atoms with Crippen molar-refractivity contribution >= 4 is 44.4 Å². The van der Waals surface area contributed by atoms with Crippen molar-refractivity contribution in [3.63, 3.8) is 0 Å². The molecule has 0 saturated carbocycles. The predicted octanol–water partition coefficient (Wildman–Crippen LogP) is 4.92. The Morgan fingerprint density at radius 3 is 2.57 bits per heavy atom. The van der Waals surface area contributed by atoms with Crippen molar-refractivity contribution in [3.05, 3.63) is 83.1 Å². The first-order chi connectivity index (χ1) is 14.8. The second kappa shape index (κ2) is 8.06. The maximum absolute atomic E-state index is 10.4. The van der Waals surface area contributed by atoms with Gasteiger partial charge < -0.3 is 15.4 Å². The summed E-state index contributed by atoms with van der Waals surface area (Å²) in [5.41, 5.74) is 7.52. The highest BCUT2D eigenvalue weighted by molar-refractivity contribution is 7.17. The van der Waals surface area contributed by atoms with E-state index in [1.165, 1.54) is 11.1 Å². The lowest BCUT2D eigenvalue weighted by atomic mass is 10.1. The summed E-state index contributed by atoms with van der Waals surface area (Å²) in [6.07, 6.45) is 5.31. The van der Waals surface area contributed by atoms with Crippen LogP contribution >= 0.6 is 11.3 Å². The van der Waals surface area contributed by atoms with Crippen LogP contribution in [0.4, 0.5) is 5.69 Å². The molecule has 0 spiro atoms. The summed E-state index contributed by atoms with van der Waals surface area (Å²) in [5, 5.41) is 14.7. The highest BCUT2D eigenvalue weighted by atomic mass is 32.1. The molecule has 0 amide bonds. The highest BCUT2D eigenvalue weighted by Gasteiger charge is 2.13. The molecule has 0 fully saturated rings. The molecule has 30 heavy (non-hydrogen) atoms. The van der Waals surface area contributed by atoms with Gasteiger partial charge in [0.1, 0.15) is 0 Å². The van der Waals surface area contributed by atoms with Gasteiger partial charge in [0, 0.05) is 37.1 Å². The van der Waals surface area contributed by atoms with Crippen molar-refractivity contribution in [2.45, 2.75) is 13.1 Å². The minimum atomic E-state index is 0.117. The Kier molecular flexibility index (Phi) is 4.96. The zero-order valence-corrected chi connectivity index (χ0v) is 16.9. The highest BCUT2D eigenvalue weighted by Crippen LogP contribution is 2.34. The van der Waals surface area contributed by atoms with E-state index in [0.717, 1.165) is 39.9 Å². The van der Waals surface area contributed by atoms with E-state index in [1.807, 2.05) is 41.9 Å². The van der Waals surface area contributed by atoms with E-state index in [9.17, 15) is 5.11 Å². The molecule has 0 aliphatic carbocycles. The minimum absolute atomic E-state index is 0.117. The predicted molar refractivity (Wildman–Crippen MR) is 122 cm³/mol. The van der Waals surface area contributed by atoms with Crippen LogP contribution in [0, 0.1) is 0 Å². The van der Waals surface area contributed by atoms with Gasteiger partial charge in [0.25, 0.3) is 0 Å². The zero-order valence-electron chi connectivity index (χ0n) is 16.0. The lowest BCUT2D eigenvalue weighted by Gasteiger charge is -2.05. The number of aromatic amines is 1. The van der Waals surface area contributed by atoms with Crippen LogP contribution in [0.3, 0.4) is 0 Å². The van der Waals surface area contributed by atoms with Gasteiger partial charge in [-0.05, 0) is 47.5 Å². The van der Waals surface area contributed by atoms with Gasteiger partial charge in [0.15, 0.2) is 5.88 Å². The second-order valence-electron chi connectivity index (χ2n) is 6.96. The molecule has 0 bridgehead atoms. The first-order valence-corrected chi connectivity index (χ1v) is 10.5. The van der Waals surface area contributed by atoms with Crippen LogP contribution in [-0.4, -0.2) is 26.3 Å². The van der Waals surface area contributed by atoms with Crippen LogP contribution in [0.25, 0.3) is 21.1 Å². The number of rotatable bonds is 6. The van der Waals surface area contributed by atoms with E-state index in [2.05, 4.69) is 37.4 Å². The van der Waals surface area contributed by atoms with E-state index in [4.69, 9.17) is 0 Å². The third-order valence-corrected chi connectivity index (χ3v) is 5.82. The molecule has 7 heteroatoms. The normalized spacial score (nSPS) is 11.7. The molecule has 0 saturated heterocycles. The Balaban J connectivity index is 1.31. The number of benzene rings is 2. The van der Waals surface area contributed by atoms with Gasteiger partial charge in [-0.25, -0.2) is 4.98 Å². The van der Waals surface area contributed by atoms with E-state index < -0.39 is 0 Å². The zero-order chi connectivity index (χ0) is 20.3. The molecule has 0 aliphatic rings. The maximum Gasteiger partial charge on any atom is 0.198 e. The van der Waals surface area contributed by atoms with E-state index in [-0.39, 0.29) is 5.88 Å². The standard InChI is InChI=1S/C23H19N5OS/c29-23-18(21-19(28-23)5-6-20-22(21)30-14-27-20)13-26-17-3-1-15(2-4-17)11-25-12-16-7-9-24-10-8-16/h1-10,13-14,25,28-29H,11-12H2. The van der Waals surface area contributed by atoms with Gasteiger partial charge in [0.2, 0.25) is 0 Å². The summed E-state index contributed by atoms with van der Waals surface area (Å²) in [6, 6.07) is 16.0. The Morgan fingerprint density at radius 2 is 1.77 bits per heavy atom.